The molecular formula is C9H12N2O4S. The topological polar surface area (TPSA) is 132 Å². The Hall–Kier alpha value is -1.89. The van der Waals surface area contributed by atoms with Gasteiger partial charge in [-0.15, -0.1) is 0 Å². The summed E-state index contributed by atoms with van der Waals surface area (Å²) in [6.45, 7) is 0.972. The minimum atomic E-state index is -1.08. The fourth-order valence-electron chi connectivity index (χ4n) is 0.703. The molecule has 1 rings (SSSR count). The minimum absolute atomic E-state index is 0.157. The molecule has 88 valence electrons. The number of phenols is 2. The maximum absolute atomic E-state index is 9.06. The number of amidine groups is 1. The Kier molecular flexibility index (Phi) is 5.79. The second kappa shape index (κ2) is 6.57. The molecular weight excluding hydrogens is 232 g/mol. The highest BCUT2D eigenvalue weighted by molar-refractivity contribution is 8.13. The number of hydrogen-bond donors (Lipinski definition) is 4. The van der Waals surface area contributed by atoms with Crippen LogP contribution in [0.4, 0.5) is 0 Å². The molecule has 0 atom stereocenters. The van der Waals surface area contributed by atoms with Gasteiger partial charge in [-0.05, 0) is 36.9 Å². The predicted molar refractivity (Wildman–Crippen MR) is 57.4 cm³/mol. The first-order valence-electron chi connectivity index (χ1n) is 4.08. The quantitative estimate of drug-likeness (QED) is 0.196. The van der Waals surface area contributed by atoms with Gasteiger partial charge in [0.15, 0.2) is 11.5 Å². The summed E-state index contributed by atoms with van der Waals surface area (Å²) in [7, 11) is 0. The summed E-state index contributed by atoms with van der Waals surface area (Å²) < 4.78 is 0. The fourth-order valence-corrected chi connectivity index (χ4v) is 1.28. The molecule has 0 aromatic heterocycles. The maximum atomic E-state index is 9.06. The Morgan fingerprint density at radius 3 is 2.31 bits per heavy atom. The number of nitrogens with two attached hydrogens (primary N) is 2. The summed E-state index contributed by atoms with van der Waals surface area (Å²) in [6, 6.07) is 4.37. The molecule has 0 aliphatic rings. The Morgan fingerprint density at radius 1 is 1.44 bits per heavy atom. The lowest BCUT2D eigenvalue weighted by Crippen LogP contribution is -2.43. The number of carboxylic acid groups (broad SMARTS) is 1. The van der Waals surface area contributed by atoms with Crippen LogP contribution in [0.25, 0.3) is 0 Å². The lowest BCUT2D eigenvalue weighted by molar-refractivity contribution is -0.302. The molecule has 0 aliphatic carbocycles. The predicted octanol–water partition coefficient (Wildman–Crippen LogP) is -1.98. The molecule has 7 heteroatoms. The number of carbonyl (C=O) groups excluding carboxylic acids is 1. The van der Waals surface area contributed by atoms with Crippen LogP contribution in [-0.2, 0) is 4.79 Å². The first-order chi connectivity index (χ1) is 7.32. The molecule has 0 unspecified atom stereocenters. The third-order valence-electron chi connectivity index (χ3n) is 1.18. The molecule has 0 bridgehead atoms. The van der Waals surface area contributed by atoms with Gasteiger partial charge in [0.2, 0.25) is 0 Å². The average molecular weight is 244 g/mol. The second-order valence-electron chi connectivity index (χ2n) is 2.65. The van der Waals surface area contributed by atoms with E-state index in [1.165, 1.54) is 12.1 Å². The number of phenolic OH excluding ortho intramolecular Hbond substituents is 2. The van der Waals surface area contributed by atoms with Gasteiger partial charge in [0.25, 0.3) is 0 Å². The number of thioether (sulfide) groups is 1. The normalized spacial score (nSPS) is 8.81. The molecule has 16 heavy (non-hydrogen) atoms. The first-order valence-corrected chi connectivity index (χ1v) is 4.90. The highest BCUT2D eigenvalue weighted by atomic mass is 32.2. The zero-order valence-corrected chi connectivity index (χ0v) is 9.32. The summed E-state index contributed by atoms with van der Waals surface area (Å²) in [5, 5.41) is 32.3. The molecule has 1 aromatic rings. The van der Waals surface area contributed by atoms with E-state index in [-0.39, 0.29) is 16.7 Å². The average Bonchev–Trinajstić information content (AvgIpc) is 2.09. The molecule has 0 aliphatic heterocycles. The zero-order valence-electron chi connectivity index (χ0n) is 8.51. The van der Waals surface area contributed by atoms with E-state index in [9.17, 15) is 0 Å². The molecule has 0 radical (unpaired) electrons. The molecule has 0 saturated heterocycles. The number of aliphatic carboxylic acids is 1. The number of hydrogen-bond acceptors (Lipinski definition) is 5. The van der Waals surface area contributed by atoms with Crippen molar-refractivity contribution in [2.75, 3.05) is 0 Å². The van der Waals surface area contributed by atoms with Gasteiger partial charge in [0.1, 0.15) is 0 Å². The Bertz CT molecular complexity index is 391. The third kappa shape index (κ3) is 6.55. The van der Waals surface area contributed by atoms with Crippen molar-refractivity contribution in [1.82, 2.24) is 0 Å². The van der Waals surface area contributed by atoms with Crippen molar-refractivity contribution in [3.8, 4) is 11.5 Å². The summed E-state index contributed by atoms with van der Waals surface area (Å²) in [6.07, 6.45) is 0. The molecule has 0 amide bonds. The van der Waals surface area contributed by atoms with Gasteiger partial charge >= 0.3 is 5.17 Å². The molecule has 6 nitrogen and oxygen atoms in total. The molecule has 0 saturated carbocycles. The van der Waals surface area contributed by atoms with Crippen molar-refractivity contribution < 1.29 is 25.5 Å². The summed E-state index contributed by atoms with van der Waals surface area (Å²) >= 11 is 1.12. The monoisotopic (exact) mass is 244 g/mol. The van der Waals surface area contributed by atoms with E-state index in [4.69, 9.17) is 31.3 Å². The molecule has 0 spiro atoms. The highest BCUT2D eigenvalue weighted by Crippen LogP contribution is 2.29. The maximum Gasteiger partial charge on any atom is 0.304 e. The van der Waals surface area contributed by atoms with Crippen LogP contribution < -0.4 is 16.2 Å². The van der Waals surface area contributed by atoms with Gasteiger partial charge < -0.3 is 20.1 Å². The first kappa shape index (κ1) is 14.1. The van der Waals surface area contributed by atoms with E-state index in [1.807, 2.05) is 0 Å². The van der Waals surface area contributed by atoms with Crippen LogP contribution >= 0.6 is 11.8 Å². The Labute approximate surface area is 96.2 Å². The SMILES string of the molecule is CC(=O)[O-].NC(=[NH2+])Sc1ccc(O)c(O)c1. The lowest BCUT2D eigenvalue weighted by Gasteiger charge is -1.98. The van der Waals surface area contributed by atoms with Gasteiger partial charge in [-0.3, -0.25) is 11.1 Å². The second-order valence-corrected chi connectivity index (χ2v) is 3.79. The lowest BCUT2D eigenvalue weighted by atomic mass is 10.3. The fraction of sp³-hybridized carbons (Fsp3) is 0.111. The molecule has 1 aromatic carbocycles. The van der Waals surface area contributed by atoms with Gasteiger partial charge in [-0.2, -0.15) is 0 Å². The van der Waals surface area contributed by atoms with Crippen molar-refractivity contribution in [2.45, 2.75) is 11.8 Å². The minimum Gasteiger partial charge on any atom is -0.550 e. The van der Waals surface area contributed by atoms with Crippen molar-refractivity contribution in [3.05, 3.63) is 18.2 Å². The van der Waals surface area contributed by atoms with E-state index in [1.54, 1.807) is 6.07 Å². The van der Waals surface area contributed by atoms with Crippen molar-refractivity contribution in [3.63, 3.8) is 0 Å². The van der Waals surface area contributed by atoms with E-state index >= 15 is 0 Å². The largest absolute Gasteiger partial charge is 0.550 e. The van der Waals surface area contributed by atoms with Crippen LogP contribution in [0.15, 0.2) is 23.1 Å². The van der Waals surface area contributed by atoms with Crippen molar-refractivity contribution in [1.29, 1.82) is 0 Å². The smallest absolute Gasteiger partial charge is 0.304 e. The van der Waals surface area contributed by atoms with E-state index in [2.05, 4.69) is 0 Å². The Morgan fingerprint density at radius 2 is 1.94 bits per heavy atom. The van der Waals surface area contributed by atoms with Crippen LogP contribution in [0, 0.1) is 0 Å². The number of carbonyl (C=O) groups is 1. The van der Waals surface area contributed by atoms with E-state index in [0.717, 1.165) is 18.7 Å². The zero-order chi connectivity index (χ0) is 12.7. The highest BCUT2D eigenvalue weighted by Gasteiger charge is 2.04. The van der Waals surface area contributed by atoms with E-state index in [0.29, 0.717) is 4.90 Å². The molecule has 6 N–H and O–H groups in total. The van der Waals surface area contributed by atoms with Crippen LogP contribution in [0.2, 0.25) is 0 Å². The van der Waals surface area contributed by atoms with Gasteiger partial charge in [-0.25, -0.2) is 0 Å². The number of benzene rings is 1. The number of aromatic hydroxyl groups is 2. The summed E-state index contributed by atoms with van der Waals surface area (Å²) in [4.78, 5) is 9.57. The standard InChI is InChI=1S/C7H8N2O2S.C2H4O2/c8-7(9)12-4-1-2-5(10)6(11)3-4;1-2(3)4/h1-3,10-11H,(H3,8,9);1H3,(H,3,4). The molecule has 0 fully saturated rings. The van der Waals surface area contributed by atoms with Crippen LogP contribution in [-0.4, -0.2) is 21.4 Å². The van der Waals surface area contributed by atoms with Gasteiger partial charge in [-0.1, -0.05) is 0 Å². The Balaban J connectivity index is 0.000000487. The van der Waals surface area contributed by atoms with Crippen LogP contribution in [0.5, 0.6) is 11.5 Å². The van der Waals surface area contributed by atoms with Gasteiger partial charge in [0.05, 0.1) is 0 Å². The van der Waals surface area contributed by atoms with Crippen LogP contribution in [0.1, 0.15) is 6.92 Å². The van der Waals surface area contributed by atoms with Crippen molar-refractivity contribution >= 4 is 22.9 Å². The van der Waals surface area contributed by atoms with Crippen LogP contribution in [0.3, 0.4) is 0 Å². The van der Waals surface area contributed by atoms with Crippen molar-refractivity contribution in [2.24, 2.45) is 5.73 Å². The number of carboxylic acids is 1. The summed E-state index contributed by atoms with van der Waals surface area (Å²) in [5.41, 5.74) is 5.23. The van der Waals surface area contributed by atoms with E-state index < -0.39 is 5.97 Å². The molecule has 0 heterocycles. The third-order valence-corrected chi connectivity index (χ3v) is 1.91. The number of rotatable bonds is 1. The summed E-state index contributed by atoms with van der Waals surface area (Å²) in [5.74, 6) is -1.42. The van der Waals surface area contributed by atoms with Gasteiger partial charge in [0, 0.05) is 10.9 Å².